The van der Waals surface area contributed by atoms with Crippen LogP contribution in [0.25, 0.3) is 0 Å². The molecule has 2 aromatic rings. The maximum absolute atomic E-state index is 9.16. The summed E-state index contributed by atoms with van der Waals surface area (Å²) < 4.78 is 7.56. The minimum atomic E-state index is -0.0406. The minimum absolute atomic E-state index is 0.0406. The lowest BCUT2D eigenvalue weighted by atomic mass is 10.0. The van der Waals surface area contributed by atoms with Crippen molar-refractivity contribution in [3.8, 4) is 0 Å². The molecule has 1 atom stereocenters. The molecule has 2 heterocycles. The van der Waals surface area contributed by atoms with Gasteiger partial charge in [-0.2, -0.15) is 0 Å². The number of nitrogens with zero attached hydrogens (tertiary/aromatic N) is 2. The number of furan rings is 1. The van der Waals surface area contributed by atoms with E-state index in [2.05, 4.69) is 10.3 Å². The zero-order valence-electron chi connectivity index (χ0n) is 11.7. The topological polar surface area (TPSA) is 63.2 Å². The zero-order valence-corrected chi connectivity index (χ0v) is 11.7. The first-order valence-electron chi connectivity index (χ1n) is 7.09. The Hall–Kier alpha value is -1.59. The number of nitrogens with one attached hydrogen (secondary N) is 1. The van der Waals surface area contributed by atoms with Gasteiger partial charge >= 0.3 is 0 Å². The fourth-order valence-corrected chi connectivity index (χ4v) is 2.68. The first-order chi connectivity index (χ1) is 9.74. The van der Waals surface area contributed by atoms with Gasteiger partial charge in [0.05, 0.1) is 6.26 Å². The van der Waals surface area contributed by atoms with Crippen LogP contribution in [0.4, 0.5) is 0 Å². The van der Waals surface area contributed by atoms with E-state index in [0.717, 1.165) is 24.6 Å². The second-order valence-corrected chi connectivity index (χ2v) is 5.70. The van der Waals surface area contributed by atoms with Crippen LogP contribution in [-0.4, -0.2) is 27.8 Å². The smallest absolute Gasteiger partial charge is 0.133 e. The number of aromatic nitrogens is 2. The highest BCUT2D eigenvalue weighted by atomic mass is 16.3. The van der Waals surface area contributed by atoms with Gasteiger partial charge in [0, 0.05) is 32.6 Å². The average molecular weight is 275 g/mol. The lowest BCUT2D eigenvalue weighted by molar-refractivity contribution is 0.241. The van der Waals surface area contributed by atoms with Crippen LogP contribution in [0.5, 0.6) is 0 Å². The van der Waals surface area contributed by atoms with E-state index in [1.165, 1.54) is 12.8 Å². The van der Waals surface area contributed by atoms with Gasteiger partial charge in [0.15, 0.2) is 0 Å². The quantitative estimate of drug-likeness (QED) is 0.809. The SMILES string of the molecule is Cn1ccnc1C(NCC1(CCO)CC1)c1ccco1. The van der Waals surface area contributed by atoms with Crippen LogP contribution in [0.15, 0.2) is 35.2 Å². The van der Waals surface area contributed by atoms with Gasteiger partial charge in [0.1, 0.15) is 17.6 Å². The molecule has 5 heteroatoms. The van der Waals surface area contributed by atoms with Crippen LogP contribution in [0.3, 0.4) is 0 Å². The van der Waals surface area contributed by atoms with E-state index in [1.807, 2.05) is 29.9 Å². The highest BCUT2D eigenvalue weighted by molar-refractivity contribution is 5.16. The van der Waals surface area contributed by atoms with Gasteiger partial charge in [-0.25, -0.2) is 4.98 Å². The highest BCUT2D eigenvalue weighted by Crippen LogP contribution is 2.48. The predicted molar refractivity (Wildman–Crippen MR) is 75.1 cm³/mol. The number of aliphatic hydroxyl groups is 1. The number of imidazole rings is 1. The minimum Gasteiger partial charge on any atom is -0.467 e. The van der Waals surface area contributed by atoms with Crippen LogP contribution in [0, 0.1) is 5.41 Å². The summed E-state index contributed by atoms with van der Waals surface area (Å²) in [6, 6.07) is 3.83. The summed E-state index contributed by atoms with van der Waals surface area (Å²) in [5.41, 5.74) is 0.269. The third kappa shape index (κ3) is 2.64. The van der Waals surface area contributed by atoms with Crippen molar-refractivity contribution in [3.63, 3.8) is 0 Å². The van der Waals surface area contributed by atoms with E-state index in [0.29, 0.717) is 0 Å². The van der Waals surface area contributed by atoms with E-state index < -0.39 is 0 Å². The molecule has 0 amide bonds. The summed E-state index contributed by atoms with van der Waals surface area (Å²) in [5.74, 6) is 1.82. The molecule has 0 aliphatic heterocycles. The lowest BCUT2D eigenvalue weighted by Gasteiger charge is -2.21. The van der Waals surface area contributed by atoms with Crippen molar-refractivity contribution >= 4 is 0 Å². The molecule has 20 heavy (non-hydrogen) atoms. The molecule has 2 aromatic heterocycles. The number of rotatable bonds is 7. The maximum Gasteiger partial charge on any atom is 0.133 e. The molecule has 2 N–H and O–H groups in total. The molecule has 108 valence electrons. The molecule has 1 aliphatic rings. The highest BCUT2D eigenvalue weighted by Gasteiger charge is 2.42. The van der Waals surface area contributed by atoms with Crippen LogP contribution < -0.4 is 5.32 Å². The number of hydrogen-bond acceptors (Lipinski definition) is 4. The fourth-order valence-electron chi connectivity index (χ4n) is 2.68. The van der Waals surface area contributed by atoms with Crippen molar-refractivity contribution in [2.75, 3.05) is 13.2 Å². The van der Waals surface area contributed by atoms with E-state index in [-0.39, 0.29) is 18.1 Å². The van der Waals surface area contributed by atoms with Gasteiger partial charge in [0.25, 0.3) is 0 Å². The average Bonchev–Trinajstić information content (AvgIpc) is 2.86. The molecule has 0 radical (unpaired) electrons. The van der Waals surface area contributed by atoms with E-state index in [1.54, 1.807) is 12.5 Å². The monoisotopic (exact) mass is 275 g/mol. The largest absolute Gasteiger partial charge is 0.467 e. The van der Waals surface area contributed by atoms with Crippen molar-refractivity contribution in [2.24, 2.45) is 12.5 Å². The molecule has 0 bridgehead atoms. The van der Waals surface area contributed by atoms with Crippen molar-refractivity contribution in [1.29, 1.82) is 0 Å². The standard InChI is InChI=1S/C15H21N3O2/c1-18-8-7-16-14(18)13(12-3-2-10-20-12)17-11-15(4-5-15)6-9-19/h2-3,7-8,10,13,17,19H,4-6,9,11H2,1H3. The third-order valence-electron chi connectivity index (χ3n) is 4.22. The molecule has 1 aliphatic carbocycles. The summed E-state index contributed by atoms with van der Waals surface area (Å²) in [5, 5.41) is 12.7. The van der Waals surface area contributed by atoms with Crippen molar-refractivity contribution in [1.82, 2.24) is 14.9 Å². The normalized spacial score (nSPS) is 18.1. The molecular formula is C15H21N3O2. The zero-order chi connectivity index (χ0) is 14.0. The Bertz CT molecular complexity index is 543. The summed E-state index contributed by atoms with van der Waals surface area (Å²) in [6.45, 7) is 1.14. The molecule has 1 unspecified atom stereocenters. The fraction of sp³-hybridized carbons (Fsp3) is 0.533. The Balaban J connectivity index is 1.75. The van der Waals surface area contributed by atoms with Gasteiger partial charge in [-0.1, -0.05) is 0 Å². The van der Waals surface area contributed by atoms with Crippen molar-refractivity contribution in [2.45, 2.75) is 25.3 Å². The Morgan fingerprint density at radius 1 is 1.55 bits per heavy atom. The summed E-state index contributed by atoms with van der Waals surface area (Å²) in [4.78, 5) is 4.43. The van der Waals surface area contributed by atoms with Crippen LogP contribution in [-0.2, 0) is 7.05 Å². The number of aliphatic hydroxyl groups excluding tert-OH is 1. The molecule has 3 rings (SSSR count). The van der Waals surface area contributed by atoms with Crippen LogP contribution in [0.2, 0.25) is 0 Å². The lowest BCUT2D eigenvalue weighted by Crippen LogP contribution is -2.31. The summed E-state index contributed by atoms with van der Waals surface area (Å²) in [6.07, 6.45) is 8.66. The maximum atomic E-state index is 9.16. The third-order valence-corrected chi connectivity index (χ3v) is 4.22. The second kappa shape index (κ2) is 5.42. The van der Waals surface area contributed by atoms with Gasteiger partial charge < -0.3 is 19.4 Å². The molecule has 1 fully saturated rings. The molecule has 1 saturated carbocycles. The van der Waals surface area contributed by atoms with Crippen LogP contribution in [0.1, 0.15) is 36.9 Å². The van der Waals surface area contributed by atoms with E-state index in [4.69, 9.17) is 9.52 Å². The van der Waals surface area contributed by atoms with Gasteiger partial charge in [-0.3, -0.25) is 0 Å². The number of aryl methyl sites for hydroxylation is 1. The molecular weight excluding hydrogens is 254 g/mol. The van der Waals surface area contributed by atoms with E-state index in [9.17, 15) is 0 Å². The first-order valence-corrected chi connectivity index (χ1v) is 7.09. The van der Waals surface area contributed by atoms with Gasteiger partial charge in [-0.05, 0) is 36.8 Å². The summed E-state index contributed by atoms with van der Waals surface area (Å²) >= 11 is 0. The molecule has 5 nitrogen and oxygen atoms in total. The molecule has 0 spiro atoms. The Kier molecular flexibility index (Phi) is 3.63. The Morgan fingerprint density at radius 3 is 2.95 bits per heavy atom. The Labute approximate surface area is 118 Å². The van der Waals surface area contributed by atoms with Gasteiger partial charge in [-0.15, -0.1) is 0 Å². The van der Waals surface area contributed by atoms with Crippen molar-refractivity contribution < 1.29 is 9.52 Å². The molecule has 0 saturated heterocycles. The van der Waals surface area contributed by atoms with Crippen molar-refractivity contribution in [3.05, 3.63) is 42.4 Å². The molecule has 0 aromatic carbocycles. The predicted octanol–water partition coefficient (Wildman–Crippen LogP) is 1.85. The Morgan fingerprint density at radius 2 is 2.40 bits per heavy atom. The van der Waals surface area contributed by atoms with Gasteiger partial charge in [0.2, 0.25) is 0 Å². The van der Waals surface area contributed by atoms with Crippen LogP contribution >= 0.6 is 0 Å². The van der Waals surface area contributed by atoms with E-state index >= 15 is 0 Å². The second-order valence-electron chi connectivity index (χ2n) is 5.70. The number of hydrogen-bond donors (Lipinski definition) is 2. The summed E-state index contributed by atoms with van der Waals surface area (Å²) in [7, 11) is 1.99. The first kappa shape index (κ1) is 13.4.